The Kier molecular flexibility index (Phi) is 7.25. The minimum atomic E-state index is -4.73. The third-order valence-corrected chi connectivity index (χ3v) is 5.90. The van der Waals surface area contributed by atoms with E-state index in [1.54, 1.807) is 29.2 Å². The zero-order valence-corrected chi connectivity index (χ0v) is 19.1. The number of carbonyl (C=O) groups is 2. The number of halogens is 4. The van der Waals surface area contributed by atoms with Gasteiger partial charge in [-0.25, -0.2) is 4.79 Å². The van der Waals surface area contributed by atoms with Gasteiger partial charge in [-0.2, -0.15) is 18.2 Å². The molecule has 2 aromatic carbocycles. The largest absolute Gasteiger partial charge is 0.471 e. The van der Waals surface area contributed by atoms with Crippen molar-refractivity contribution in [3.05, 3.63) is 65.0 Å². The van der Waals surface area contributed by atoms with Gasteiger partial charge in [0.15, 0.2) is 0 Å². The Morgan fingerprint density at radius 2 is 1.86 bits per heavy atom. The quantitative estimate of drug-likeness (QED) is 0.493. The molecule has 1 unspecified atom stereocenters. The third kappa shape index (κ3) is 5.91. The number of rotatable bonds is 5. The molecule has 1 fully saturated rings. The summed E-state index contributed by atoms with van der Waals surface area (Å²) in [7, 11) is 0. The van der Waals surface area contributed by atoms with Crippen LogP contribution in [-0.4, -0.2) is 46.1 Å². The van der Waals surface area contributed by atoms with Gasteiger partial charge < -0.3 is 20.1 Å². The summed E-state index contributed by atoms with van der Waals surface area (Å²) in [6.45, 7) is 0.801. The molecule has 0 bridgehead atoms. The van der Waals surface area contributed by atoms with Crippen LogP contribution in [0.15, 0.2) is 53.1 Å². The molecule has 0 radical (unpaired) electrons. The maximum Gasteiger partial charge on any atom is 0.471 e. The number of hydrogen-bond acceptors (Lipinski definition) is 5. The van der Waals surface area contributed by atoms with Gasteiger partial charge in [0.25, 0.3) is 5.91 Å². The fraction of sp³-hybridized carbons (Fsp3) is 0.304. The lowest BCUT2D eigenvalue weighted by Gasteiger charge is -2.35. The summed E-state index contributed by atoms with van der Waals surface area (Å²) in [5.74, 6) is -1.95. The zero-order valence-electron chi connectivity index (χ0n) is 18.3. The van der Waals surface area contributed by atoms with Crippen LogP contribution in [0.4, 0.5) is 23.7 Å². The van der Waals surface area contributed by atoms with E-state index in [2.05, 4.69) is 25.3 Å². The number of alkyl halides is 3. The highest BCUT2D eigenvalue weighted by molar-refractivity contribution is 6.33. The Morgan fingerprint density at radius 3 is 2.54 bits per heavy atom. The Balaban J connectivity index is 1.37. The minimum absolute atomic E-state index is 0.199. The van der Waals surface area contributed by atoms with Gasteiger partial charge >= 0.3 is 18.1 Å². The van der Waals surface area contributed by atoms with Crippen molar-refractivity contribution >= 4 is 29.2 Å². The molecule has 4 rings (SSSR count). The molecule has 1 aliphatic heterocycles. The summed E-state index contributed by atoms with van der Waals surface area (Å²) < 4.78 is 42.2. The molecular weight excluding hydrogens is 487 g/mol. The summed E-state index contributed by atoms with van der Waals surface area (Å²) in [6.07, 6.45) is -2.23. The summed E-state index contributed by atoms with van der Waals surface area (Å²) >= 11 is 6.08. The zero-order chi connectivity index (χ0) is 25.0. The van der Waals surface area contributed by atoms with E-state index in [1.807, 2.05) is 0 Å². The molecule has 1 atom stereocenters. The van der Waals surface area contributed by atoms with E-state index in [4.69, 9.17) is 11.6 Å². The van der Waals surface area contributed by atoms with Crippen LogP contribution in [0, 0.1) is 0 Å². The van der Waals surface area contributed by atoms with Gasteiger partial charge in [0.05, 0.1) is 16.6 Å². The molecule has 12 heteroatoms. The standard InChI is InChI=1S/C23H21ClF3N5O3/c24-18-7-2-1-6-17(18)20(33)28-13-16-5-3-4-12-32(16)22(34)29-15-10-8-14(9-11-15)19-30-21(35-31-19)23(25,26)27/h1-2,6-11,16H,3-5,12-13H2,(H,28,33)(H,29,34). The molecule has 1 aliphatic rings. The van der Waals surface area contributed by atoms with Crippen molar-refractivity contribution in [3.63, 3.8) is 0 Å². The number of amides is 3. The Bertz CT molecular complexity index is 1200. The molecule has 0 aliphatic carbocycles. The van der Waals surface area contributed by atoms with Crippen molar-refractivity contribution in [2.24, 2.45) is 0 Å². The normalized spacial score (nSPS) is 16.1. The highest BCUT2D eigenvalue weighted by Gasteiger charge is 2.38. The van der Waals surface area contributed by atoms with E-state index in [0.717, 1.165) is 19.3 Å². The van der Waals surface area contributed by atoms with E-state index < -0.39 is 12.1 Å². The molecule has 2 heterocycles. The van der Waals surface area contributed by atoms with Crippen LogP contribution in [0.25, 0.3) is 11.4 Å². The maximum atomic E-state index is 12.9. The number of hydrogen-bond donors (Lipinski definition) is 2. The Labute approximate surface area is 203 Å². The van der Waals surface area contributed by atoms with Crippen LogP contribution < -0.4 is 10.6 Å². The maximum absolute atomic E-state index is 12.9. The van der Waals surface area contributed by atoms with Crippen molar-refractivity contribution in [3.8, 4) is 11.4 Å². The molecule has 1 saturated heterocycles. The van der Waals surface area contributed by atoms with Crippen LogP contribution in [0.3, 0.4) is 0 Å². The highest BCUT2D eigenvalue weighted by Crippen LogP contribution is 2.29. The lowest BCUT2D eigenvalue weighted by atomic mass is 10.0. The summed E-state index contributed by atoms with van der Waals surface area (Å²) in [5.41, 5.74) is 1.12. The lowest BCUT2D eigenvalue weighted by molar-refractivity contribution is -0.159. The number of anilines is 1. The molecule has 3 aromatic rings. The van der Waals surface area contributed by atoms with E-state index >= 15 is 0 Å². The molecule has 8 nitrogen and oxygen atoms in total. The average molecular weight is 508 g/mol. The van der Waals surface area contributed by atoms with Crippen molar-refractivity contribution in [2.75, 3.05) is 18.4 Å². The Hall–Kier alpha value is -3.60. The first-order chi connectivity index (χ1) is 16.7. The van der Waals surface area contributed by atoms with E-state index in [9.17, 15) is 22.8 Å². The number of likely N-dealkylation sites (tertiary alicyclic amines) is 1. The fourth-order valence-electron chi connectivity index (χ4n) is 3.79. The number of piperidine rings is 1. The third-order valence-electron chi connectivity index (χ3n) is 5.57. The predicted octanol–water partition coefficient (Wildman–Crippen LogP) is 5.23. The number of carbonyl (C=O) groups excluding carboxylic acids is 2. The van der Waals surface area contributed by atoms with E-state index in [-0.39, 0.29) is 30.3 Å². The summed E-state index contributed by atoms with van der Waals surface area (Å²) in [6, 6.07) is 12.2. The molecule has 3 amide bonds. The first-order valence-electron chi connectivity index (χ1n) is 10.8. The average Bonchev–Trinajstić information content (AvgIpc) is 3.35. The van der Waals surface area contributed by atoms with Gasteiger partial charge in [0, 0.05) is 24.3 Å². The SMILES string of the molecule is O=C(NCC1CCCCN1C(=O)Nc1ccc(-c2noc(C(F)(F)F)n2)cc1)c1ccccc1Cl. The van der Waals surface area contributed by atoms with Gasteiger partial charge in [-0.15, -0.1) is 0 Å². The summed E-state index contributed by atoms with van der Waals surface area (Å²) in [4.78, 5) is 30.4. The summed E-state index contributed by atoms with van der Waals surface area (Å²) in [5, 5.41) is 9.33. The van der Waals surface area contributed by atoms with Crippen molar-refractivity contribution in [1.82, 2.24) is 20.4 Å². The lowest BCUT2D eigenvalue weighted by Crippen LogP contribution is -2.50. The van der Waals surface area contributed by atoms with Gasteiger partial charge in [-0.1, -0.05) is 28.9 Å². The fourth-order valence-corrected chi connectivity index (χ4v) is 4.01. The molecule has 0 saturated carbocycles. The molecule has 35 heavy (non-hydrogen) atoms. The van der Waals surface area contributed by atoms with Gasteiger partial charge in [0.1, 0.15) is 0 Å². The predicted molar refractivity (Wildman–Crippen MR) is 122 cm³/mol. The van der Waals surface area contributed by atoms with E-state index in [1.165, 1.54) is 24.3 Å². The second-order valence-corrected chi connectivity index (χ2v) is 8.37. The van der Waals surface area contributed by atoms with Crippen LogP contribution in [-0.2, 0) is 6.18 Å². The number of nitrogens with one attached hydrogen (secondary N) is 2. The second-order valence-electron chi connectivity index (χ2n) is 7.96. The van der Waals surface area contributed by atoms with Gasteiger partial charge in [-0.05, 0) is 55.7 Å². The van der Waals surface area contributed by atoms with Gasteiger partial charge in [-0.3, -0.25) is 4.79 Å². The molecule has 0 spiro atoms. The molecule has 2 N–H and O–H groups in total. The first kappa shape index (κ1) is 24.5. The van der Waals surface area contributed by atoms with Crippen LogP contribution in [0.1, 0.15) is 35.5 Å². The van der Waals surface area contributed by atoms with Crippen LogP contribution in [0.2, 0.25) is 5.02 Å². The topological polar surface area (TPSA) is 100 Å². The van der Waals surface area contributed by atoms with Crippen molar-refractivity contribution in [1.29, 1.82) is 0 Å². The minimum Gasteiger partial charge on any atom is -0.350 e. The number of urea groups is 1. The molecule has 184 valence electrons. The van der Waals surface area contributed by atoms with Crippen molar-refractivity contribution < 1.29 is 27.3 Å². The number of benzene rings is 2. The monoisotopic (exact) mass is 507 g/mol. The van der Waals surface area contributed by atoms with E-state index in [0.29, 0.717) is 28.4 Å². The van der Waals surface area contributed by atoms with Crippen molar-refractivity contribution in [2.45, 2.75) is 31.5 Å². The Morgan fingerprint density at radius 1 is 1.11 bits per heavy atom. The number of nitrogens with zero attached hydrogens (tertiary/aromatic N) is 3. The smallest absolute Gasteiger partial charge is 0.350 e. The molecule has 1 aromatic heterocycles. The van der Waals surface area contributed by atoms with Crippen LogP contribution >= 0.6 is 11.6 Å². The molecular formula is C23H21ClF3N5O3. The number of aromatic nitrogens is 2. The second kappa shape index (κ2) is 10.3. The van der Waals surface area contributed by atoms with Crippen LogP contribution in [0.5, 0.6) is 0 Å². The first-order valence-corrected chi connectivity index (χ1v) is 11.2. The highest BCUT2D eigenvalue weighted by atomic mass is 35.5. The van der Waals surface area contributed by atoms with Gasteiger partial charge in [0.2, 0.25) is 5.82 Å².